The maximum atomic E-state index is 14.0. The maximum Gasteiger partial charge on any atom is 0.471 e. The van der Waals surface area contributed by atoms with Crippen LogP contribution in [-0.2, 0) is 26.5 Å². The van der Waals surface area contributed by atoms with Gasteiger partial charge in [0.25, 0.3) is 5.91 Å². The zero-order chi connectivity index (χ0) is 33.6. The number of aromatic nitrogens is 1. The van der Waals surface area contributed by atoms with Gasteiger partial charge in [0.1, 0.15) is 12.3 Å². The van der Waals surface area contributed by atoms with Crippen LogP contribution in [0.1, 0.15) is 69.3 Å². The van der Waals surface area contributed by atoms with Crippen LogP contribution in [0.2, 0.25) is 0 Å². The Morgan fingerprint density at radius 1 is 1.00 bits per heavy atom. The lowest BCUT2D eigenvalue weighted by molar-refractivity contribution is -0.203. The summed E-state index contributed by atoms with van der Waals surface area (Å²) in [4.78, 5) is 52.0. The van der Waals surface area contributed by atoms with E-state index in [-0.39, 0.29) is 36.5 Å². The SMILES string of the molecule is Cc1ncccc1N(COP(=O)(O)O)C(=O)c1ccc2c(c1)C(=O)C[C@@H]1C[C@@](O)(c3ccccc3)[C@](C)(O)C[C@@]21Cc1ccccc1. The molecule has 0 spiro atoms. The van der Waals surface area contributed by atoms with E-state index in [9.17, 15) is 34.2 Å². The highest BCUT2D eigenvalue weighted by Gasteiger charge is 2.62. The molecule has 6 rings (SSSR count). The zero-order valence-corrected chi connectivity index (χ0v) is 27.0. The number of carbonyl (C=O) groups excluding carboxylic acids is 2. The van der Waals surface area contributed by atoms with Crippen molar-refractivity contribution >= 4 is 25.2 Å². The minimum Gasteiger partial charge on any atom is -0.387 e. The monoisotopic (exact) mass is 656 g/mol. The number of aliphatic hydroxyl groups is 2. The van der Waals surface area contributed by atoms with Gasteiger partial charge in [-0.05, 0) is 80.0 Å². The Morgan fingerprint density at radius 3 is 2.34 bits per heavy atom. The molecule has 4 atom stereocenters. The first-order chi connectivity index (χ1) is 22.2. The number of amides is 1. The van der Waals surface area contributed by atoms with Gasteiger partial charge in [0.05, 0.1) is 17.0 Å². The van der Waals surface area contributed by atoms with Crippen LogP contribution in [0.5, 0.6) is 0 Å². The van der Waals surface area contributed by atoms with Crippen LogP contribution in [-0.4, -0.2) is 49.0 Å². The molecule has 1 saturated carbocycles. The Balaban J connectivity index is 1.46. The summed E-state index contributed by atoms with van der Waals surface area (Å²) in [6.07, 6.45) is 2.41. The van der Waals surface area contributed by atoms with Crippen molar-refractivity contribution < 1.29 is 38.7 Å². The third-order valence-electron chi connectivity index (χ3n) is 9.89. The summed E-state index contributed by atoms with van der Waals surface area (Å²) >= 11 is 0. The van der Waals surface area contributed by atoms with Gasteiger partial charge in [0.2, 0.25) is 0 Å². The Kier molecular flexibility index (Phi) is 8.55. The van der Waals surface area contributed by atoms with Gasteiger partial charge in [-0.1, -0.05) is 66.7 Å². The molecule has 0 unspecified atom stereocenters. The molecule has 47 heavy (non-hydrogen) atoms. The summed E-state index contributed by atoms with van der Waals surface area (Å²) in [6.45, 7) is 2.55. The molecule has 2 aliphatic carbocycles. The summed E-state index contributed by atoms with van der Waals surface area (Å²) in [5.74, 6) is -1.17. The Hall–Kier alpha value is -4.02. The highest BCUT2D eigenvalue weighted by Crippen LogP contribution is 2.60. The van der Waals surface area contributed by atoms with E-state index in [0.717, 1.165) is 10.5 Å². The third-order valence-corrected chi connectivity index (χ3v) is 10.3. The molecule has 244 valence electrons. The number of rotatable bonds is 8. The van der Waals surface area contributed by atoms with E-state index in [0.29, 0.717) is 34.5 Å². The fourth-order valence-electron chi connectivity index (χ4n) is 7.63. The van der Waals surface area contributed by atoms with Crippen LogP contribution in [0.4, 0.5) is 5.69 Å². The van der Waals surface area contributed by atoms with Crippen LogP contribution < -0.4 is 4.90 Å². The molecule has 4 aromatic rings. The van der Waals surface area contributed by atoms with Crippen LogP contribution >= 0.6 is 7.82 Å². The number of hydrogen-bond donors (Lipinski definition) is 4. The molecule has 1 aromatic heterocycles. The van der Waals surface area contributed by atoms with Crippen LogP contribution in [0.25, 0.3) is 0 Å². The predicted molar refractivity (Wildman–Crippen MR) is 175 cm³/mol. The Morgan fingerprint density at radius 2 is 1.68 bits per heavy atom. The quantitative estimate of drug-likeness (QED) is 0.147. The maximum absolute atomic E-state index is 14.0. The number of nitrogens with zero attached hydrogens (tertiary/aromatic N) is 2. The van der Waals surface area contributed by atoms with Gasteiger partial charge in [0.15, 0.2) is 5.78 Å². The molecule has 0 saturated heterocycles. The smallest absolute Gasteiger partial charge is 0.387 e. The van der Waals surface area contributed by atoms with Crippen molar-refractivity contribution in [3.8, 4) is 0 Å². The van der Waals surface area contributed by atoms with E-state index in [1.165, 1.54) is 12.3 Å². The lowest BCUT2D eigenvalue weighted by Crippen LogP contribution is -2.63. The molecule has 0 aliphatic heterocycles. The average Bonchev–Trinajstić information content (AvgIpc) is 3.03. The number of benzene rings is 3. The van der Waals surface area contributed by atoms with E-state index < -0.39 is 37.1 Å². The van der Waals surface area contributed by atoms with E-state index in [1.54, 1.807) is 50.2 Å². The Labute approximate surface area is 272 Å². The number of carbonyl (C=O) groups is 2. The van der Waals surface area contributed by atoms with Crippen LogP contribution in [0, 0.1) is 12.8 Å². The second-order valence-electron chi connectivity index (χ2n) is 12.9. The molecule has 4 N–H and O–H groups in total. The first kappa shape index (κ1) is 32.9. The molecule has 2 aliphatic rings. The number of hydrogen-bond acceptors (Lipinski definition) is 7. The highest BCUT2D eigenvalue weighted by atomic mass is 31.2. The zero-order valence-electron chi connectivity index (χ0n) is 26.1. The molecule has 0 radical (unpaired) electrons. The van der Waals surface area contributed by atoms with Crippen molar-refractivity contribution in [3.63, 3.8) is 0 Å². The van der Waals surface area contributed by atoms with E-state index in [2.05, 4.69) is 4.98 Å². The molecule has 11 heteroatoms. The summed E-state index contributed by atoms with van der Waals surface area (Å²) in [7, 11) is -4.93. The molecule has 1 fully saturated rings. The summed E-state index contributed by atoms with van der Waals surface area (Å²) < 4.78 is 16.3. The molecular weight excluding hydrogens is 619 g/mol. The second kappa shape index (κ2) is 12.2. The fourth-order valence-corrected chi connectivity index (χ4v) is 7.89. The lowest BCUT2D eigenvalue weighted by Gasteiger charge is -2.59. The standard InChI is InChI=1S/C36H37N2O8P/c1-24-31(14-9-17-37-24)38(23-46-47(43,44)45)33(40)26-15-16-30-29(18-26)32(39)19-28-21-36(42,27-12-7-4-8-13-27)34(2,41)22-35(28,30)20-25-10-5-3-6-11-25/h3-18,28,41-42H,19-23H2,1-2H3,(H2,43,44,45)/t28-,34-,35-,36-/m1/s1. The van der Waals surface area contributed by atoms with E-state index in [4.69, 9.17) is 4.52 Å². The number of anilines is 1. The van der Waals surface area contributed by atoms with Crippen molar-refractivity contribution in [2.75, 3.05) is 11.6 Å². The highest BCUT2D eigenvalue weighted by molar-refractivity contribution is 7.46. The van der Waals surface area contributed by atoms with E-state index >= 15 is 0 Å². The molecular formula is C36H37N2O8P. The molecule has 3 aromatic carbocycles. The minimum absolute atomic E-state index is 0.0927. The van der Waals surface area contributed by atoms with Crippen molar-refractivity contribution in [1.82, 2.24) is 4.98 Å². The Bertz CT molecular complexity index is 1860. The van der Waals surface area contributed by atoms with Gasteiger partial charge in [-0.3, -0.25) is 24.0 Å². The van der Waals surface area contributed by atoms with Crippen LogP contribution in [0.3, 0.4) is 0 Å². The van der Waals surface area contributed by atoms with Gasteiger partial charge < -0.3 is 20.0 Å². The van der Waals surface area contributed by atoms with Gasteiger partial charge in [-0.15, -0.1) is 0 Å². The first-order valence-electron chi connectivity index (χ1n) is 15.4. The molecule has 1 amide bonds. The van der Waals surface area contributed by atoms with Crippen molar-refractivity contribution in [1.29, 1.82) is 0 Å². The van der Waals surface area contributed by atoms with Gasteiger partial charge in [-0.2, -0.15) is 0 Å². The van der Waals surface area contributed by atoms with Gasteiger partial charge in [-0.25, -0.2) is 4.57 Å². The number of fused-ring (bicyclic) bond motifs is 3. The van der Waals surface area contributed by atoms with E-state index in [1.807, 2.05) is 48.5 Å². The van der Waals surface area contributed by atoms with Gasteiger partial charge in [0, 0.05) is 29.2 Å². The van der Waals surface area contributed by atoms with Crippen LogP contribution in [0.15, 0.2) is 97.2 Å². The topological polar surface area (TPSA) is 157 Å². The fraction of sp³-hybridized carbons (Fsp3) is 0.306. The molecule has 1 heterocycles. The lowest BCUT2D eigenvalue weighted by atomic mass is 9.48. The number of phosphoric acid groups is 1. The minimum atomic E-state index is -4.93. The third kappa shape index (κ3) is 6.09. The largest absolute Gasteiger partial charge is 0.471 e. The second-order valence-corrected chi connectivity index (χ2v) is 14.1. The van der Waals surface area contributed by atoms with Crippen molar-refractivity contribution in [2.45, 2.75) is 56.1 Å². The molecule has 10 nitrogen and oxygen atoms in total. The first-order valence-corrected chi connectivity index (χ1v) is 16.9. The summed E-state index contributed by atoms with van der Waals surface area (Å²) in [6, 6.07) is 26.9. The van der Waals surface area contributed by atoms with Crippen molar-refractivity contribution in [3.05, 3.63) is 131 Å². The summed E-state index contributed by atoms with van der Waals surface area (Å²) in [5.41, 5.74) is -0.497. The number of pyridine rings is 1. The molecule has 0 bridgehead atoms. The number of phosphoric ester groups is 1. The van der Waals surface area contributed by atoms with Gasteiger partial charge >= 0.3 is 7.82 Å². The summed E-state index contributed by atoms with van der Waals surface area (Å²) in [5, 5.41) is 24.3. The normalized spacial score (nSPS) is 25.5. The number of aryl methyl sites for hydroxylation is 1. The number of ketones is 1. The average molecular weight is 657 g/mol. The number of Topliss-reactive ketones (excluding diaryl/α,β-unsaturated/α-hetero) is 1. The van der Waals surface area contributed by atoms with Crippen molar-refractivity contribution in [2.24, 2.45) is 5.92 Å². The predicted octanol–water partition coefficient (Wildman–Crippen LogP) is 5.22.